The van der Waals surface area contributed by atoms with Crippen LogP contribution in [0.2, 0.25) is 0 Å². The maximum Gasteiger partial charge on any atom is 0.337 e. The van der Waals surface area contributed by atoms with E-state index in [1.165, 1.54) is 111 Å². The summed E-state index contributed by atoms with van der Waals surface area (Å²) in [5, 5.41) is 49.9. The topological polar surface area (TPSA) is 257 Å². The Hall–Kier alpha value is -5.47. The van der Waals surface area contributed by atoms with Gasteiger partial charge in [-0.05, 0) is 222 Å². The van der Waals surface area contributed by atoms with E-state index in [2.05, 4.69) is 75.2 Å². The largest absolute Gasteiger partial charge is 0.465 e. The van der Waals surface area contributed by atoms with Crippen molar-refractivity contribution >= 4 is 46.0 Å². The summed E-state index contributed by atoms with van der Waals surface area (Å²) < 4.78 is 26.5. The van der Waals surface area contributed by atoms with Crippen molar-refractivity contribution in [2.45, 2.75) is 247 Å². The van der Waals surface area contributed by atoms with E-state index in [1.54, 1.807) is 57.7 Å². The van der Waals surface area contributed by atoms with E-state index in [-0.39, 0.29) is 54.0 Å². The number of piperidine rings is 3. The molecule has 9 rings (SSSR count). The second kappa shape index (κ2) is 50.3. The second-order valence-corrected chi connectivity index (χ2v) is 35.3. The lowest BCUT2D eigenvalue weighted by molar-refractivity contribution is -0.0568. The Kier molecular flexibility index (Phi) is 42.2. The minimum absolute atomic E-state index is 0.000474. The summed E-state index contributed by atoms with van der Waals surface area (Å²) in [6.45, 7) is 8.04. The monoisotopic (exact) mass is 1640 g/mol. The molecule has 113 heavy (non-hydrogen) atoms. The van der Waals surface area contributed by atoms with Gasteiger partial charge in [-0.1, -0.05) is 149 Å². The number of methoxy groups -OCH3 is 5. The van der Waals surface area contributed by atoms with Gasteiger partial charge in [-0.2, -0.15) is 0 Å². The van der Waals surface area contributed by atoms with E-state index in [9.17, 15) is 39.3 Å². The van der Waals surface area contributed by atoms with E-state index >= 15 is 0 Å². The van der Waals surface area contributed by atoms with Crippen molar-refractivity contribution in [3.05, 3.63) is 105 Å². The van der Waals surface area contributed by atoms with Gasteiger partial charge in [-0.15, -0.1) is 0 Å². The minimum atomic E-state index is -1.16. The predicted octanol–water partition coefficient (Wildman–Crippen LogP) is 15.0. The third kappa shape index (κ3) is 30.8. The Morgan fingerprint density at radius 1 is 0.442 bits per heavy atom. The number of aliphatic hydroxyl groups is 3. The Morgan fingerprint density at radius 2 is 0.761 bits per heavy atom. The summed E-state index contributed by atoms with van der Waals surface area (Å²) in [5.41, 5.74) is -0.113. The number of carbonyl (C=O) groups is 5. The van der Waals surface area contributed by atoms with E-state index < -0.39 is 28.7 Å². The minimum Gasteiger partial charge on any atom is -0.465 e. The van der Waals surface area contributed by atoms with Crippen LogP contribution < -0.4 is 21.3 Å². The first-order valence-electron chi connectivity index (χ1n) is 43.4. The number of esters is 2. The van der Waals surface area contributed by atoms with Gasteiger partial charge in [0.2, 0.25) is 0 Å². The SMILES string of the molecule is CNC[C@H](CC1CCCCC1)NC(=O)N1CCC[C@@H]([C@@](O)(CCCCOC)c2cccc(C(=O)OC)c2)C1.COCCCC[C@@](O)(c1cccc(Br)c1)[C@@H]1CCCN(C(=O)N[C@@H](CC2CCCCC2)CN(C)C)C1.COCCCC[C@@](O)(c1cccc(C(=O)OC)c1)[C@@H]1CCCN(C(=O)N[C@@H](CC2CCCCC2)CN(C)C)C1. The molecule has 0 radical (unpaired) electrons. The van der Waals surface area contributed by atoms with Gasteiger partial charge in [0.05, 0.1) is 42.1 Å². The van der Waals surface area contributed by atoms with Gasteiger partial charge in [0.1, 0.15) is 0 Å². The van der Waals surface area contributed by atoms with Crippen molar-refractivity contribution in [3.63, 3.8) is 0 Å². The van der Waals surface area contributed by atoms with Crippen LogP contribution >= 0.6 is 15.9 Å². The van der Waals surface area contributed by atoms with E-state index in [1.807, 2.05) is 58.1 Å². The van der Waals surface area contributed by atoms with Crippen LogP contribution in [0, 0.1) is 35.5 Å². The highest BCUT2D eigenvalue weighted by Gasteiger charge is 2.45. The fraction of sp³-hybridized carbons (Fsp3) is 0.744. The number of hydrogen-bond donors (Lipinski definition) is 7. The van der Waals surface area contributed by atoms with Crippen LogP contribution in [0.1, 0.15) is 249 Å². The van der Waals surface area contributed by atoms with Crippen LogP contribution in [0.4, 0.5) is 14.4 Å². The molecule has 638 valence electrons. The first kappa shape index (κ1) is 94.7. The van der Waals surface area contributed by atoms with Gasteiger partial charge < -0.3 is 84.8 Å². The molecule has 7 N–H and O–H groups in total. The van der Waals surface area contributed by atoms with Crippen LogP contribution in [0.15, 0.2) is 77.3 Å². The third-order valence-electron chi connectivity index (χ3n) is 25.1. The van der Waals surface area contributed by atoms with Crippen molar-refractivity contribution in [2.24, 2.45) is 35.5 Å². The van der Waals surface area contributed by atoms with Crippen LogP contribution in [-0.4, -0.2) is 237 Å². The highest BCUT2D eigenvalue weighted by atomic mass is 79.9. The number of likely N-dealkylation sites (tertiary alicyclic amines) is 3. The number of likely N-dealkylation sites (N-methyl/N-ethyl adjacent to an activating group) is 3. The lowest BCUT2D eigenvalue weighted by Gasteiger charge is -2.43. The van der Waals surface area contributed by atoms with Gasteiger partial charge in [-0.3, -0.25) is 0 Å². The van der Waals surface area contributed by atoms with Crippen molar-refractivity contribution in [1.82, 2.24) is 45.8 Å². The third-order valence-corrected chi connectivity index (χ3v) is 25.6. The number of unbranched alkanes of at least 4 members (excludes halogenated alkanes) is 3. The zero-order chi connectivity index (χ0) is 81.6. The molecule has 3 saturated carbocycles. The highest BCUT2D eigenvalue weighted by Crippen LogP contribution is 2.44. The quantitative estimate of drug-likeness (QED) is 0.0208. The fourth-order valence-corrected chi connectivity index (χ4v) is 19.5. The molecule has 9 atom stereocenters. The Balaban J connectivity index is 0.000000235. The molecule has 3 heterocycles. The Labute approximate surface area is 687 Å². The van der Waals surface area contributed by atoms with Crippen molar-refractivity contribution < 1.29 is 63.0 Å². The molecule has 3 aromatic rings. The summed E-state index contributed by atoms with van der Waals surface area (Å²) in [7, 11) is 18.0. The normalized spacial score (nSPS) is 21.2. The standard InChI is InChI=1S/C31H51N3O5.C30H49N3O5.C29H48BrN3O3/c1-33(2)23-28(20-24-12-6-5-7-13-24)32-30(36)34-18-11-16-27(22-34)31(37,17-8-9-19-38-3)26-15-10-14-25(21-26)29(35)39-4;1-31-21-27(19-23-11-5-4-6-12-23)32-29(35)33-17-10-15-26(22-33)30(36,16-7-8-18-37-2)25-14-9-13-24(20-25)28(34)38-3;1-32(2)22-27(19-23-11-5-4-6-12-23)31-28(34)33-17-10-14-25(21-33)29(35,16-7-8-18-36-3)24-13-9-15-26(30)20-24/h10,14-15,21,24,27-28,37H,5-9,11-13,16-20,22-23H2,1-4H3,(H,32,36);9,13-14,20,23,26-27,31,36H,4-8,10-12,15-19,21-22H2,1-3H3,(H,32,35);9,13,15,20,23,25,27,35H,4-8,10-12,14,16-19,21-22H2,1-3H3,(H,31,34)/t27-,28+,31-;26-,27+,30-;25-,27+,29-/m111/s1. The average molecular weight is 1640 g/mol. The molecule has 0 spiro atoms. The molecule has 3 aromatic carbocycles. The van der Waals surface area contributed by atoms with Crippen molar-refractivity contribution in [3.8, 4) is 0 Å². The second-order valence-electron chi connectivity index (χ2n) is 34.4. The first-order chi connectivity index (χ1) is 54.5. The lowest BCUT2D eigenvalue weighted by atomic mass is 9.74. The van der Waals surface area contributed by atoms with E-state index in [0.717, 1.165) is 133 Å². The van der Waals surface area contributed by atoms with Crippen LogP contribution in [-0.2, 0) is 40.5 Å². The number of amides is 6. The van der Waals surface area contributed by atoms with Gasteiger partial charge in [0.15, 0.2) is 0 Å². The summed E-state index contributed by atoms with van der Waals surface area (Å²) in [6, 6.07) is 22.6. The van der Waals surface area contributed by atoms with Gasteiger partial charge in [0, 0.05) is 140 Å². The van der Waals surface area contributed by atoms with Crippen LogP contribution in [0.5, 0.6) is 0 Å². The van der Waals surface area contributed by atoms with Crippen LogP contribution in [0.3, 0.4) is 0 Å². The molecular weight excluding hydrogens is 1490 g/mol. The van der Waals surface area contributed by atoms with Crippen molar-refractivity contribution in [2.75, 3.05) is 150 Å². The summed E-state index contributed by atoms with van der Waals surface area (Å²) in [5.74, 6) is 0.941. The molecule has 22 nitrogen and oxygen atoms in total. The molecule has 0 unspecified atom stereocenters. The molecule has 3 saturated heterocycles. The molecule has 6 fully saturated rings. The summed E-state index contributed by atoms with van der Waals surface area (Å²) >= 11 is 3.58. The maximum absolute atomic E-state index is 13.6. The van der Waals surface area contributed by atoms with Gasteiger partial charge in [-0.25, -0.2) is 24.0 Å². The Bertz CT molecular complexity index is 3250. The number of ether oxygens (including phenoxy) is 5. The van der Waals surface area contributed by atoms with E-state index in [4.69, 9.17) is 23.7 Å². The molecule has 0 bridgehead atoms. The number of halogens is 1. The maximum atomic E-state index is 13.6. The number of carbonyl (C=O) groups excluding carboxylic acids is 5. The molecule has 6 amide bonds. The molecule has 6 aliphatic rings. The zero-order valence-corrected chi connectivity index (χ0v) is 72.6. The number of rotatable bonds is 38. The number of hydrogen-bond acceptors (Lipinski definition) is 16. The lowest BCUT2D eigenvalue weighted by Crippen LogP contribution is -2.54. The first-order valence-corrected chi connectivity index (χ1v) is 44.2. The molecule has 23 heteroatoms. The molecule has 3 aliphatic heterocycles. The molecule has 0 aromatic heterocycles. The summed E-state index contributed by atoms with van der Waals surface area (Å²) in [4.78, 5) is 75.0. The molecular formula is C90H148BrN9O13. The van der Waals surface area contributed by atoms with Gasteiger partial charge in [0.25, 0.3) is 0 Å². The number of nitrogens with zero attached hydrogens (tertiary/aromatic N) is 5. The van der Waals surface area contributed by atoms with E-state index in [0.29, 0.717) is 112 Å². The Morgan fingerprint density at radius 3 is 1.07 bits per heavy atom. The number of nitrogens with one attached hydrogen (secondary N) is 4. The number of urea groups is 3. The van der Waals surface area contributed by atoms with Crippen LogP contribution in [0.25, 0.3) is 0 Å². The highest BCUT2D eigenvalue weighted by molar-refractivity contribution is 9.10. The smallest absolute Gasteiger partial charge is 0.337 e. The predicted molar refractivity (Wildman–Crippen MR) is 453 cm³/mol. The van der Waals surface area contributed by atoms with Crippen molar-refractivity contribution in [1.29, 1.82) is 0 Å². The fourth-order valence-electron chi connectivity index (χ4n) is 19.1. The average Bonchev–Trinajstić information content (AvgIpc) is 0.792. The molecule has 3 aliphatic carbocycles. The summed E-state index contributed by atoms with van der Waals surface area (Å²) in [6.07, 6.45) is 34.3. The zero-order valence-electron chi connectivity index (χ0n) is 71.0. The van der Waals surface area contributed by atoms with Gasteiger partial charge >= 0.3 is 30.0 Å². The number of benzene rings is 3.